The van der Waals surface area contributed by atoms with Crippen molar-refractivity contribution in [1.82, 2.24) is 4.98 Å². The van der Waals surface area contributed by atoms with Gasteiger partial charge in [0.2, 0.25) is 0 Å². The molecule has 4 N–H and O–H groups in total. The van der Waals surface area contributed by atoms with E-state index in [9.17, 15) is 15.0 Å². The maximum atomic E-state index is 11.3. The molecule has 1 aliphatic rings. The molecule has 0 aliphatic carbocycles. The lowest BCUT2D eigenvalue weighted by Gasteiger charge is -2.14. The number of aromatic carboxylic acids is 1. The van der Waals surface area contributed by atoms with Gasteiger partial charge in [-0.25, -0.2) is 4.79 Å². The number of nitrogens with two attached hydrogens (primary N) is 1. The number of carboxylic acids is 1. The summed E-state index contributed by atoms with van der Waals surface area (Å²) in [6, 6.07) is 7.55. The molecule has 25 heavy (non-hydrogen) atoms. The molecule has 2 atom stereocenters. The number of rotatable bonds is 6. The van der Waals surface area contributed by atoms with E-state index in [1.54, 1.807) is 12.1 Å². The van der Waals surface area contributed by atoms with E-state index in [-0.39, 0.29) is 11.7 Å². The maximum Gasteiger partial charge on any atom is 0.335 e. The van der Waals surface area contributed by atoms with Crippen molar-refractivity contribution in [1.29, 1.82) is 0 Å². The highest BCUT2D eigenvalue weighted by molar-refractivity contribution is 5.88. The Morgan fingerprint density at radius 1 is 1.28 bits per heavy atom. The van der Waals surface area contributed by atoms with Crippen LogP contribution in [0.1, 0.15) is 28.7 Å². The molecule has 8 nitrogen and oxygen atoms in total. The van der Waals surface area contributed by atoms with Gasteiger partial charge in [-0.05, 0) is 24.3 Å². The molecule has 8 heteroatoms. The second-order valence-electron chi connectivity index (χ2n) is 5.57. The van der Waals surface area contributed by atoms with Crippen LogP contribution in [0.5, 0.6) is 17.2 Å². The average Bonchev–Trinajstić information content (AvgIpc) is 3.08. The van der Waals surface area contributed by atoms with Crippen LogP contribution in [-0.4, -0.2) is 40.5 Å². The zero-order valence-corrected chi connectivity index (χ0v) is 13.3. The van der Waals surface area contributed by atoms with Crippen LogP contribution in [0, 0.1) is 0 Å². The minimum Gasteiger partial charge on any atom is -0.488 e. The standard InChI is InChI=1S/C17H18N2O6/c18-16(20)15-2-1-11(8-19-15)24-13-5-10(17(21)22)6-14(7-13)25-12-3-4-23-9-12/h1-2,5-8,12,16,20H,3-4,9,18H2,(H,21,22). The third-order valence-corrected chi connectivity index (χ3v) is 3.62. The fraction of sp³-hybridized carbons (Fsp3) is 0.294. The summed E-state index contributed by atoms with van der Waals surface area (Å²) < 4.78 is 16.7. The summed E-state index contributed by atoms with van der Waals surface area (Å²) in [4.78, 5) is 15.3. The lowest BCUT2D eigenvalue weighted by atomic mass is 10.2. The Balaban J connectivity index is 1.81. The Hall–Kier alpha value is -2.68. The summed E-state index contributed by atoms with van der Waals surface area (Å²) in [5, 5.41) is 18.5. The average molecular weight is 346 g/mol. The predicted octanol–water partition coefficient (Wildman–Crippen LogP) is 1.69. The van der Waals surface area contributed by atoms with E-state index < -0.39 is 12.2 Å². The fourth-order valence-corrected chi connectivity index (χ4v) is 2.38. The minimum atomic E-state index is -1.17. The van der Waals surface area contributed by atoms with E-state index in [1.165, 1.54) is 24.4 Å². The maximum absolute atomic E-state index is 11.3. The van der Waals surface area contributed by atoms with Gasteiger partial charge in [0.05, 0.1) is 30.7 Å². The summed E-state index contributed by atoms with van der Waals surface area (Å²) in [5.74, 6) is -0.0104. The topological polar surface area (TPSA) is 124 Å². The Bertz CT molecular complexity index is 741. The fourth-order valence-electron chi connectivity index (χ4n) is 2.38. The first-order chi connectivity index (χ1) is 12.0. The van der Waals surface area contributed by atoms with Crippen LogP contribution < -0.4 is 15.2 Å². The Morgan fingerprint density at radius 3 is 2.68 bits per heavy atom. The number of ether oxygens (including phenoxy) is 3. The summed E-state index contributed by atoms with van der Waals surface area (Å²) in [5.41, 5.74) is 5.68. The third-order valence-electron chi connectivity index (χ3n) is 3.62. The molecule has 132 valence electrons. The number of carboxylic acid groups (broad SMARTS) is 1. The normalized spacial score (nSPS) is 17.9. The highest BCUT2D eigenvalue weighted by Crippen LogP contribution is 2.29. The molecule has 1 aliphatic heterocycles. The molecule has 1 aromatic carbocycles. The van der Waals surface area contributed by atoms with Crippen molar-refractivity contribution in [3.05, 3.63) is 47.8 Å². The number of aliphatic hydroxyl groups is 1. The summed E-state index contributed by atoms with van der Waals surface area (Å²) >= 11 is 0. The van der Waals surface area contributed by atoms with E-state index in [0.717, 1.165) is 6.42 Å². The van der Waals surface area contributed by atoms with Gasteiger partial charge in [-0.15, -0.1) is 0 Å². The first kappa shape index (κ1) is 17.2. The van der Waals surface area contributed by atoms with Crippen molar-refractivity contribution in [3.8, 4) is 17.2 Å². The number of hydrogen-bond acceptors (Lipinski definition) is 7. The number of aromatic nitrogens is 1. The van der Waals surface area contributed by atoms with E-state index in [2.05, 4.69) is 4.98 Å². The number of pyridine rings is 1. The molecular weight excluding hydrogens is 328 g/mol. The number of hydrogen-bond donors (Lipinski definition) is 3. The van der Waals surface area contributed by atoms with E-state index in [1.807, 2.05) is 0 Å². The Kier molecular flexibility index (Phi) is 5.13. The summed E-state index contributed by atoms with van der Waals surface area (Å²) in [7, 11) is 0. The van der Waals surface area contributed by atoms with Crippen molar-refractivity contribution in [3.63, 3.8) is 0 Å². The molecule has 2 aromatic rings. The highest BCUT2D eigenvalue weighted by Gasteiger charge is 2.19. The molecule has 3 rings (SSSR count). The van der Waals surface area contributed by atoms with E-state index in [0.29, 0.717) is 36.2 Å². The van der Waals surface area contributed by atoms with Crippen LogP contribution >= 0.6 is 0 Å². The van der Waals surface area contributed by atoms with Gasteiger partial charge in [0.15, 0.2) is 0 Å². The minimum absolute atomic E-state index is 0.0494. The van der Waals surface area contributed by atoms with Crippen LogP contribution in [0.4, 0.5) is 0 Å². The van der Waals surface area contributed by atoms with Gasteiger partial charge < -0.3 is 30.2 Å². The highest BCUT2D eigenvalue weighted by atomic mass is 16.5. The van der Waals surface area contributed by atoms with Crippen molar-refractivity contribution in [2.45, 2.75) is 18.8 Å². The van der Waals surface area contributed by atoms with Crippen LogP contribution in [0.2, 0.25) is 0 Å². The van der Waals surface area contributed by atoms with E-state index >= 15 is 0 Å². The van der Waals surface area contributed by atoms with Crippen LogP contribution in [0.25, 0.3) is 0 Å². The van der Waals surface area contributed by atoms with Gasteiger partial charge >= 0.3 is 5.97 Å². The van der Waals surface area contributed by atoms with Gasteiger partial charge in [0.1, 0.15) is 29.6 Å². The quantitative estimate of drug-likeness (QED) is 0.675. The monoisotopic (exact) mass is 346 g/mol. The van der Waals surface area contributed by atoms with Crippen LogP contribution in [0.3, 0.4) is 0 Å². The second-order valence-corrected chi connectivity index (χ2v) is 5.57. The number of benzene rings is 1. The van der Waals surface area contributed by atoms with Gasteiger partial charge in [0.25, 0.3) is 0 Å². The van der Waals surface area contributed by atoms with Gasteiger partial charge in [-0.1, -0.05) is 0 Å². The smallest absolute Gasteiger partial charge is 0.335 e. The molecule has 1 aromatic heterocycles. The SMILES string of the molecule is NC(O)c1ccc(Oc2cc(OC3CCOC3)cc(C(=O)O)c2)cn1. The molecule has 2 heterocycles. The number of aliphatic hydroxyl groups excluding tert-OH is 1. The summed E-state index contributed by atoms with van der Waals surface area (Å²) in [6.45, 7) is 1.10. The van der Waals surface area contributed by atoms with Crippen molar-refractivity contribution in [2.75, 3.05) is 13.2 Å². The molecule has 2 unspecified atom stereocenters. The third kappa shape index (κ3) is 4.44. The Morgan fingerprint density at radius 2 is 2.08 bits per heavy atom. The number of nitrogens with zero attached hydrogens (tertiary/aromatic N) is 1. The van der Waals surface area contributed by atoms with Crippen LogP contribution in [-0.2, 0) is 4.74 Å². The molecule has 0 radical (unpaired) electrons. The largest absolute Gasteiger partial charge is 0.488 e. The van der Waals surface area contributed by atoms with Crippen molar-refractivity contribution < 1.29 is 29.2 Å². The van der Waals surface area contributed by atoms with Crippen molar-refractivity contribution >= 4 is 5.97 Å². The molecule has 0 spiro atoms. The molecule has 1 saturated heterocycles. The van der Waals surface area contributed by atoms with Crippen molar-refractivity contribution in [2.24, 2.45) is 5.73 Å². The van der Waals surface area contributed by atoms with Gasteiger partial charge in [0, 0.05) is 12.5 Å². The van der Waals surface area contributed by atoms with Gasteiger partial charge in [-0.3, -0.25) is 4.98 Å². The molecule has 0 saturated carbocycles. The summed E-state index contributed by atoms with van der Waals surface area (Å²) in [6.07, 6.45) is 0.867. The van der Waals surface area contributed by atoms with E-state index in [4.69, 9.17) is 19.9 Å². The van der Waals surface area contributed by atoms with Crippen LogP contribution in [0.15, 0.2) is 36.5 Å². The lowest BCUT2D eigenvalue weighted by molar-refractivity contribution is 0.0695. The van der Waals surface area contributed by atoms with Gasteiger partial charge in [-0.2, -0.15) is 0 Å². The molecular formula is C17H18N2O6. The first-order valence-electron chi connectivity index (χ1n) is 7.71. The first-order valence-corrected chi connectivity index (χ1v) is 7.71. The Labute approximate surface area is 143 Å². The number of carbonyl (C=O) groups is 1. The second kappa shape index (κ2) is 7.47. The molecule has 0 bridgehead atoms. The molecule has 1 fully saturated rings. The zero-order chi connectivity index (χ0) is 17.8. The molecule has 0 amide bonds. The zero-order valence-electron chi connectivity index (χ0n) is 13.3. The lowest BCUT2D eigenvalue weighted by Crippen LogP contribution is -2.16. The predicted molar refractivity (Wildman–Crippen MR) is 86.7 cm³/mol.